The fourth-order valence-electron chi connectivity index (χ4n) is 10.6. The van der Waals surface area contributed by atoms with Crippen molar-refractivity contribution in [1.29, 1.82) is 0 Å². The minimum Gasteiger partial charge on any atom is -0.501 e. The number of nitrogens with zero attached hydrogens (tertiary/aromatic N) is 6. The summed E-state index contributed by atoms with van der Waals surface area (Å²) in [7, 11) is 2.00. The number of aromatic nitrogens is 6. The number of pyridine rings is 6. The molecular weight excluding hydrogens is 1580 g/mol. The van der Waals surface area contributed by atoms with E-state index in [2.05, 4.69) is 125 Å². The van der Waals surface area contributed by atoms with Crippen LogP contribution in [0.2, 0.25) is 0 Å². The summed E-state index contributed by atoms with van der Waals surface area (Å²) in [6.45, 7) is 14.3. The fraction of sp³-hybridized carbons (Fsp3) is 0.103. The Labute approximate surface area is 607 Å². The third-order valence-electron chi connectivity index (χ3n) is 15.7. The molecule has 0 fully saturated rings. The van der Waals surface area contributed by atoms with Crippen LogP contribution in [0.4, 0.5) is 0 Å². The zero-order valence-electron chi connectivity index (χ0n) is 56.5. The molecule has 8 aromatic heterocycles. The van der Waals surface area contributed by atoms with Gasteiger partial charge in [0, 0.05) is 91.2 Å². The van der Waals surface area contributed by atoms with Gasteiger partial charge in [0.05, 0.1) is 11.3 Å². The predicted molar refractivity (Wildman–Crippen MR) is 395 cm³/mol. The van der Waals surface area contributed by atoms with Gasteiger partial charge in [-0.1, -0.05) is 137 Å². The summed E-state index contributed by atoms with van der Waals surface area (Å²) < 4.78 is 12.1. The van der Waals surface area contributed by atoms with Gasteiger partial charge in [0.1, 0.15) is 16.7 Å². The van der Waals surface area contributed by atoms with Crippen molar-refractivity contribution in [2.45, 2.75) is 48.5 Å². The molecule has 0 aliphatic carbocycles. The minimum absolute atomic E-state index is 0. The summed E-state index contributed by atoms with van der Waals surface area (Å²) in [4.78, 5) is 27.3. The van der Waals surface area contributed by atoms with Crippen molar-refractivity contribution in [1.82, 2.24) is 29.9 Å². The van der Waals surface area contributed by atoms with Crippen molar-refractivity contribution in [3.8, 4) is 78.8 Å². The number of hydrogen-bond donors (Lipinski definition) is 2. The van der Waals surface area contributed by atoms with E-state index < -0.39 is 0 Å². The maximum Gasteiger partial charge on any atom is 3.00 e. The summed E-state index contributed by atoms with van der Waals surface area (Å²) in [5.74, 6) is 0. The van der Waals surface area contributed by atoms with Gasteiger partial charge in [-0.05, 0) is 136 Å². The van der Waals surface area contributed by atoms with Gasteiger partial charge in [-0.3, -0.25) is 9.97 Å². The Morgan fingerprint density at radius 3 is 1.13 bits per heavy atom. The summed E-state index contributed by atoms with van der Waals surface area (Å²) in [6, 6.07) is 101. The van der Waals surface area contributed by atoms with Crippen molar-refractivity contribution in [3.05, 3.63) is 337 Å². The van der Waals surface area contributed by atoms with Gasteiger partial charge in [0.2, 0.25) is 0 Å². The normalized spacial score (nSPS) is 10.2. The molecule has 16 rings (SSSR count). The molecule has 1 radical (unpaired) electrons. The minimum atomic E-state index is 0. The van der Waals surface area contributed by atoms with Crippen LogP contribution in [-0.2, 0) is 40.2 Å². The van der Waals surface area contributed by atoms with Gasteiger partial charge < -0.3 is 39.0 Å². The quantitative estimate of drug-likeness (QED) is 0.148. The Kier molecular flexibility index (Phi) is 27.5. The fourth-order valence-corrected chi connectivity index (χ4v) is 10.6. The summed E-state index contributed by atoms with van der Waals surface area (Å²) in [5, 5.41) is 18.5. The third-order valence-corrected chi connectivity index (χ3v) is 15.7. The Morgan fingerprint density at radius 2 is 0.667 bits per heavy atom. The second-order valence-corrected chi connectivity index (χ2v) is 22.5. The van der Waals surface area contributed by atoms with Crippen molar-refractivity contribution in [2.75, 3.05) is 14.2 Å². The van der Waals surface area contributed by atoms with E-state index in [4.69, 9.17) is 24.0 Å². The smallest absolute Gasteiger partial charge is 0.501 e. The van der Waals surface area contributed by atoms with Crippen molar-refractivity contribution >= 4 is 43.9 Å². The molecule has 0 aliphatic heterocycles. The molecule has 16 aromatic rings. The number of benzene rings is 8. The summed E-state index contributed by atoms with van der Waals surface area (Å²) >= 11 is 0. The molecule has 12 heteroatoms. The van der Waals surface area contributed by atoms with Crippen LogP contribution in [0, 0.1) is 78.8 Å². The number of aliphatic hydroxyl groups is 2. The van der Waals surface area contributed by atoms with E-state index in [0.29, 0.717) is 0 Å². The van der Waals surface area contributed by atoms with E-state index in [9.17, 15) is 0 Å². The Hall–Kier alpha value is -10.5. The monoisotopic (exact) mass is 1650 g/mol. The second kappa shape index (κ2) is 36.7. The molecule has 2 N–H and O–H groups in total. The molecule has 0 unspecified atom stereocenters. The van der Waals surface area contributed by atoms with Gasteiger partial charge in [-0.25, -0.2) is 0 Å². The first-order valence-corrected chi connectivity index (χ1v) is 31.7. The zero-order chi connectivity index (χ0) is 68.0. The SMILES string of the molecule is CO.CO.Cc1cccc(-c2[c-]c(-c3cccc(-c4[c-]cccc4)n3)ccc2)n1.Cc1cccc(-c2[c-]cccc2)n1.Cc1cccc(-c2[c-]cccc2)n1.Cc1cnc(-c2[c-]ccc3c2oc2ccccc23)cc1C.Cc1cnc(-c2cccc3c2oc2ccccc23)cc1C.[Ir+3].[Ir]. The molecule has 0 amide bonds. The zero-order valence-corrected chi connectivity index (χ0v) is 61.3. The largest absolute Gasteiger partial charge is 3.00 e. The first-order valence-electron chi connectivity index (χ1n) is 31.7. The van der Waals surface area contributed by atoms with Crippen LogP contribution >= 0.6 is 0 Å². The van der Waals surface area contributed by atoms with Crippen LogP contribution in [0.1, 0.15) is 39.3 Å². The third kappa shape index (κ3) is 19.0. The van der Waals surface area contributed by atoms with Crippen LogP contribution < -0.4 is 0 Å². The molecule has 0 aliphatic rings. The van der Waals surface area contributed by atoms with Crippen LogP contribution in [0.15, 0.2) is 276 Å². The first kappa shape index (κ1) is 74.3. The predicted octanol–water partition coefficient (Wildman–Crippen LogP) is 20.6. The van der Waals surface area contributed by atoms with E-state index in [1.807, 2.05) is 245 Å². The van der Waals surface area contributed by atoms with Crippen molar-refractivity contribution in [3.63, 3.8) is 0 Å². The Bertz CT molecular complexity index is 4980. The number of hydrogen-bond acceptors (Lipinski definition) is 10. The standard InChI is InChI=1S/C23H16N2.C19H15NO.C19H14NO.2C12H10N.2CH4O.2Ir/c1-17-8-5-13-22(24-17)19-11-6-12-20(16-19)23-15-7-14-21(25-23)18-9-3-2-4-10-18;2*1-12-10-17(20-11-13(12)2)16-8-5-7-15-14-6-3-4-9-18(14)21-19(15)16;2*1-10-6-5-9-12(13-10)11-7-3-2-4-8-11;2*1-2;;/h2-9,11-15H,1H3;3-11H,1-2H3;3-7,9-11H,1-2H3;2*2-7,9H,1H3;2*2H,1H3;;/q-2;;3*-1;;;;+3. The molecule has 0 bridgehead atoms. The number of aryl methyl sites for hydroxylation is 7. The summed E-state index contributed by atoms with van der Waals surface area (Å²) in [6.07, 6.45) is 3.83. The topological polar surface area (TPSA) is 144 Å². The van der Waals surface area contributed by atoms with Gasteiger partial charge >= 0.3 is 20.1 Å². The number of rotatable bonds is 7. The number of furan rings is 2. The number of para-hydroxylation sites is 3. The van der Waals surface area contributed by atoms with E-state index in [1.54, 1.807) is 0 Å². The molecule has 495 valence electrons. The van der Waals surface area contributed by atoms with E-state index in [1.165, 1.54) is 22.3 Å². The Balaban J connectivity index is 0.000000158. The molecule has 10 nitrogen and oxygen atoms in total. The molecule has 0 saturated carbocycles. The maximum atomic E-state index is 7.00. The van der Waals surface area contributed by atoms with Gasteiger partial charge in [-0.15, -0.1) is 150 Å². The van der Waals surface area contributed by atoms with Crippen LogP contribution in [0.25, 0.3) is 123 Å². The van der Waals surface area contributed by atoms with E-state index >= 15 is 0 Å². The van der Waals surface area contributed by atoms with Crippen LogP contribution in [0.5, 0.6) is 0 Å². The second-order valence-electron chi connectivity index (χ2n) is 22.5. The van der Waals surface area contributed by atoms with Crippen LogP contribution in [-0.4, -0.2) is 54.3 Å². The van der Waals surface area contributed by atoms with E-state index in [-0.39, 0.29) is 40.2 Å². The van der Waals surface area contributed by atoms with Gasteiger partial charge in [0.15, 0.2) is 0 Å². The molecule has 8 heterocycles. The average Bonchev–Trinajstić information content (AvgIpc) is 1.57. The van der Waals surface area contributed by atoms with Crippen LogP contribution in [0.3, 0.4) is 0 Å². The molecule has 8 aromatic carbocycles. The molecule has 0 spiro atoms. The molecule has 0 saturated heterocycles. The van der Waals surface area contributed by atoms with Gasteiger partial charge in [-0.2, -0.15) is 0 Å². The maximum absolute atomic E-state index is 7.00. The first-order chi connectivity index (χ1) is 47.5. The number of aliphatic hydroxyl groups excluding tert-OH is 2. The average molecular weight is 1650 g/mol. The Morgan fingerprint density at radius 1 is 0.303 bits per heavy atom. The molecule has 0 atom stereocenters. The number of fused-ring (bicyclic) bond motifs is 6. The summed E-state index contributed by atoms with van der Waals surface area (Å²) in [5.41, 5.74) is 25.1. The molecule has 99 heavy (non-hydrogen) atoms. The van der Waals surface area contributed by atoms with Gasteiger partial charge in [0.25, 0.3) is 0 Å². The van der Waals surface area contributed by atoms with Crippen molar-refractivity contribution < 1.29 is 59.3 Å². The van der Waals surface area contributed by atoms with Crippen molar-refractivity contribution in [2.24, 2.45) is 0 Å². The van der Waals surface area contributed by atoms with E-state index in [0.717, 1.165) is 154 Å². The molecular formula is C87H73Ir2N6O4-2.